The molecular formula is C18H24N4O3S. The number of benzene rings is 1. The van der Waals surface area contributed by atoms with E-state index in [1.807, 2.05) is 24.3 Å². The molecule has 1 amide bonds. The van der Waals surface area contributed by atoms with Gasteiger partial charge in [-0.25, -0.2) is 8.42 Å². The SMILES string of the molecule is CCc1ccc(CNC(=O)C2c3cnn(C)c3CCN2S(C)(=O)=O)cc1. The minimum Gasteiger partial charge on any atom is -0.350 e. The third-order valence-corrected chi connectivity index (χ3v) is 6.06. The standard InChI is InChI=1S/C18H24N4O3S/c1-4-13-5-7-14(8-6-13)11-19-18(23)17-15-12-20-21(2)16(15)9-10-22(17)26(3,24)25/h5-8,12,17H,4,9-11H2,1-3H3,(H,19,23). The number of fused-ring (bicyclic) bond motifs is 1. The molecule has 1 aromatic heterocycles. The Kier molecular flexibility index (Phi) is 5.15. The summed E-state index contributed by atoms with van der Waals surface area (Å²) in [5.41, 5.74) is 3.76. The molecule has 0 spiro atoms. The number of hydrogen-bond donors (Lipinski definition) is 1. The summed E-state index contributed by atoms with van der Waals surface area (Å²) in [7, 11) is -1.71. The number of hydrogen-bond acceptors (Lipinski definition) is 4. The molecule has 8 heteroatoms. The number of nitrogens with zero attached hydrogens (tertiary/aromatic N) is 3. The van der Waals surface area contributed by atoms with Crippen LogP contribution in [-0.2, 0) is 41.3 Å². The lowest BCUT2D eigenvalue weighted by molar-refractivity contribution is -0.125. The predicted octanol–water partition coefficient (Wildman–Crippen LogP) is 1.16. The molecule has 1 aromatic carbocycles. The van der Waals surface area contributed by atoms with Crippen LogP contribution in [0.5, 0.6) is 0 Å². The van der Waals surface area contributed by atoms with E-state index in [2.05, 4.69) is 17.3 Å². The Morgan fingerprint density at radius 2 is 1.92 bits per heavy atom. The van der Waals surface area contributed by atoms with E-state index in [-0.39, 0.29) is 12.5 Å². The number of aromatic nitrogens is 2. The number of carbonyl (C=O) groups is 1. The van der Waals surface area contributed by atoms with Gasteiger partial charge in [0.2, 0.25) is 15.9 Å². The second-order valence-electron chi connectivity index (χ2n) is 6.58. The third kappa shape index (κ3) is 3.66. The predicted molar refractivity (Wildman–Crippen MR) is 98.9 cm³/mol. The van der Waals surface area contributed by atoms with Crippen LogP contribution in [0.1, 0.15) is 35.3 Å². The first kappa shape index (κ1) is 18.6. The number of nitrogens with one attached hydrogen (secondary N) is 1. The summed E-state index contributed by atoms with van der Waals surface area (Å²) >= 11 is 0. The highest BCUT2D eigenvalue weighted by molar-refractivity contribution is 7.88. The van der Waals surface area contributed by atoms with Crippen molar-refractivity contribution >= 4 is 15.9 Å². The quantitative estimate of drug-likeness (QED) is 0.849. The summed E-state index contributed by atoms with van der Waals surface area (Å²) in [4.78, 5) is 12.9. The molecule has 140 valence electrons. The van der Waals surface area contributed by atoms with Gasteiger partial charge in [-0.15, -0.1) is 0 Å². The summed E-state index contributed by atoms with van der Waals surface area (Å²) in [5, 5.41) is 7.08. The van der Waals surface area contributed by atoms with E-state index in [0.717, 1.165) is 23.9 Å². The Morgan fingerprint density at radius 3 is 2.54 bits per heavy atom. The monoisotopic (exact) mass is 376 g/mol. The Morgan fingerprint density at radius 1 is 1.27 bits per heavy atom. The minimum atomic E-state index is -3.51. The van der Waals surface area contributed by atoms with Crippen molar-refractivity contribution in [2.75, 3.05) is 12.8 Å². The van der Waals surface area contributed by atoms with Crippen LogP contribution in [0.15, 0.2) is 30.5 Å². The topological polar surface area (TPSA) is 84.3 Å². The lowest BCUT2D eigenvalue weighted by Crippen LogP contribution is -2.46. The van der Waals surface area contributed by atoms with Gasteiger partial charge in [0.15, 0.2) is 0 Å². The van der Waals surface area contributed by atoms with Gasteiger partial charge in [0.1, 0.15) is 6.04 Å². The van der Waals surface area contributed by atoms with Crippen LogP contribution in [0, 0.1) is 0 Å². The Hall–Kier alpha value is -2.19. The average Bonchev–Trinajstić information content (AvgIpc) is 3.00. The van der Waals surface area contributed by atoms with Gasteiger partial charge in [0.25, 0.3) is 0 Å². The maximum absolute atomic E-state index is 12.9. The first-order valence-corrected chi connectivity index (χ1v) is 10.5. The lowest BCUT2D eigenvalue weighted by Gasteiger charge is -2.32. The molecule has 1 aliphatic heterocycles. The fraction of sp³-hybridized carbons (Fsp3) is 0.444. The van der Waals surface area contributed by atoms with Crippen LogP contribution < -0.4 is 5.32 Å². The van der Waals surface area contributed by atoms with E-state index in [1.54, 1.807) is 17.9 Å². The zero-order valence-electron chi connectivity index (χ0n) is 15.3. The molecule has 1 atom stereocenters. The molecule has 1 N–H and O–H groups in total. The fourth-order valence-corrected chi connectivity index (χ4v) is 4.34. The maximum Gasteiger partial charge on any atom is 0.243 e. The summed E-state index contributed by atoms with van der Waals surface area (Å²) in [6.45, 7) is 2.71. The van der Waals surface area contributed by atoms with Gasteiger partial charge in [0.05, 0.1) is 12.5 Å². The van der Waals surface area contributed by atoms with Gasteiger partial charge < -0.3 is 5.32 Å². The van der Waals surface area contributed by atoms with Crippen LogP contribution >= 0.6 is 0 Å². The number of carbonyl (C=O) groups excluding carboxylic acids is 1. The zero-order chi connectivity index (χ0) is 18.9. The van der Waals surface area contributed by atoms with Crippen molar-refractivity contribution in [3.8, 4) is 0 Å². The molecule has 7 nitrogen and oxygen atoms in total. The summed E-state index contributed by atoms with van der Waals surface area (Å²) in [6.07, 6.45) is 4.23. The first-order chi connectivity index (χ1) is 12.3. The second kappa shape index (κ2) is 7.20. The molecule has 1 aliphatic rings. The minimum absolute atomic E-state index is 0.272. The molecule has 0 aliphatic carbocycles. The Balaban J connectivity index is 1.82. The van der Waals surface area contributed by atoms with E-state index in [9.17, 15) is 13.2 Å². The van der Waals surface area contributed by atoms with Crippen LogP contribution in [0.3, 0.4) is 0 Å². The fourth-order valence-electron chi connectivity index (χ4n) is 3.32. The molecule has 0 saturated carbocycles. The van der Waals surface area contributed by atoms with Crippen molar-refractivity contribution in [2.45, 2.75) is 32.4 Å². The van der Waals surface area contributed by atoms with E-state index in [1.165, 1.54) is 9.87 Å². The summed E-state index contributed by atoms with van der Waals surface area (Å²) in [6, 6.07) is 7.14. The molecule has 26 heavy (non-hydrogen) atoms. The second-order valence-corrected chi connectivity index (χ2v) is 8.52. The molecule has 1 unspecified atom stereocenters. The van der Waals surface area contributed by atoms with Crippen molar-refractivity contribution in [1.82, 2.24) is 19.4 Å². The first-order valence-electron chi connectivity index (χ1n) is 8.64. The van der Waals surface area contributed by atoms with Crippen LogP contribution in [-0.4, -0.2) is 41.2 Å². The highest BCUT2D eigenvalue weighted by Gasteiger charge is 2.39. The van der Waals surface area contributed by atoms with Crippen molar-refractivity contribution in [2.24, 2.45) is 7.05 Å². The third-order valence-electron chi connectivity index (χ3n) is 4.82. The van der Waals surface area contributed by atoms with E-state index in [0.29, 0.717) is 18.5 Å². The zero-order valence-corrected chi connectivity index (χ0v) is 16.1. The van der Waals surface area contributed by atoms with Gasteiger partial charge in [0, 0.05) is 37.8 Å². The normalized spacial score (nSPS) is 17.7. The lowest BCUT2D eigenvalue weighted by atomic mass is 10.0. The number of sulfonamides is 1. The number of amides is 1. The molecule has 0 fully saturated rings. The maximum atomic E-state index is 12.9. The molecular weight excluding hydrogens is 352 g/mol. The number of aryl methyl sites for hydroxylation is 2. The van der Waals surface area contributed by atoms with E-state index < -0.39 is 16.1 Å². The molecule has 0 radical (unpaired) electrons. The molecule has 3 rings (SSSR count). The van der Waals surface area contributed by atoms with Gasteiger partial charge in [-0.3, -0.25) is 9.48 Å². The highest BCUT2D eigenvalue weighted by Crippen LogP contribution is 2.31. The van der Waals surface area contributed by atoms with Gasteiger partial charge >= 0.3 is 0 Å². The van der Waals surface area contributed by atoms with Crippen LogP contribution in [0.4, 0.5) is 0 Å². The average molecular weight is 376 g/mol. The molecule has 2 heterocycles. The van der Waals surface area contributed by atoms with Crippen LogP contribution in [0.25, 0.3) is 0 Å². The summed E-state index contributed by atoms with van der Waals surface area (Å²) in [5.74, 6) is -0.330. The molecule has 0 saturated heterocycles. The Labute approximate surface area is 154 Å². The van der Waals surface area contributed by atoms with Crippen molar-refractivity contribution < 1.29 is 13.2 Å². The smallest absolute Gasteiger partial charge is 0.243 e. The van der Waals surface area contributed by atoms with Crippen molar-refractivity contribution in [1.29, 1.82) is 0 Å². The largest absolute Gasteiger partial charge is 0.350 e. The summed E-state index contributed by atoms with van der Waals surface area (Å²) < 4.78 is 27.3. The molecule has 0 bridgehead atoms. The van der Waals surface area contributed by atoms with Crippen molar-refractivity contribution in [3.05, 3.63) is 52.8 Å². The molecule has 2 aromatic rings. The van der Waals surface area contributed by atoms with Gasteiger partial charge in [-0.2, -0.15) is 9.40 Å². The van der Waals surface area contributed by atoms with Gasteiger partial charge in [-0.1, -0.05) is 31.2 Å². The van der Waals surface area contributed by atoms with Crippen molar-refractivity contribution in [3.63, 3.8) is 0 Å². The number of rotatable bonds is 5. The van der Waals surface area contributed by atoms with Crippen LogP contribution in [0.2, 0.25) is 0 Å². The highest BCUT2D eigenvalue weighted by atomic mass is 32.2. The van der Waals surface area contributed by atoms with Gasteiger partial charge in [-0.05, 0) is 17.5 Å². The van der Waals surface area contributed by atoms with E-state index in [4.69, 9.17) is 0 Å². The Bertz CT molecular complexity index is 903. The van der Waals surface area contributed by atoms with E-state index >= 15 is 0 Å².